The third-order valence-electron chi connectivity index (χ3n) is 2.65. The van der Waals surface area contributed by atoms with E-state index < -0.39 is 5.60 Å². The fourth-order valence-corrected chi connectivity index (χ4v) is 1.90. The lowest BCUT2D eigenvalue weighted by Crippen LogP contribution is -2.28. The summed E-state index contributed by atoms with van der Waals surface area (Å²) in [6.45, 7) is 7.30. The molecule has 0 saturated carbocycles. The normalized spacial score (nSPS) is 16.1. The van der Waals surface area contributed by atoms with Crippen molar-refractivity contribution in [3.63, 3.8) is 0 Å². The van der Waals surface area contributed by atoms with Crippen LogP contribution < -0.4 is 0 Å². The molecule has 4 heteroatoms. The Morgan fingerprint density at radius 3 is 2.24 bits per heavy atom. The standard InChI is InChI=1S/C13H23NO3/c1-13(2,3)17-12(16)8-6-7-11(15)14-9-4-5-10-14/h4-10H2,1-3H3. The van der Waals surface area contributed by atoms with E-state index >= 15 is 0 Å². The van der Waals surface area contributed by atoms with Crippen molar-refractivity contribution in [1.29, 1.82) is 0 Å². The monoisotopic (exact) mass is 241 g/mol. The van der Waals surface area contributed by atoms with E-state index in [0.29, 0.717) is 19.3 Å². The van der Waals surface area contributed by atoms with Gasteiger partial charge in [0.25, 0.3) is 0 Å². The molecule has 0 radical (unpaired) electrons. The van der Waals surface area contributed by atoms with E-state index in [2.05, 4.69) is 0 Å². The van der Waals surface area contributed by atoms with Crippen LogP contribution in [0.15, 0.2) is 0 Å². The van der Waals surface area contributed by atoms with E-state index in [4.69, 9.17) is 4.74 Å². The number of amides is 1. The molecule has 17 heavy (non-hydrogen) atoms. The minimum absolute atomic E-state index is 0.172. The number of carbonyl (C=O) groups excluding carboxylic acids is 2. The first kappa shape index (κ1) is 14.0. The SMILES string of the molecule is CC(C)(C)OC(=O)CCCC(=O)N1CCCC1. The Labute approximate surface area is 103 Å². The second kappa shape index (κ2) is 6.03. The molecule has 0 aromatic rings. The topological polar surface area (TPSA) is 46.6 Å². The highest BCUT2D eigenvalue weighted by Gasteiger charge is 2.19. The molecule has 0 aliphatic carbocycles. The second-order valence-electron chi connectivity index (χ2n) is 5.53. The highest BCUT2D eigenvalue weighted by Crippen LogP contribution is 2.12. The maximum atomic E-state index is 11.7. The number of hydrogen-bond donors (Lipinski definition) is 0. The van der Waals surface area contributed by atoms with Crippen molar-refractivity contribution in [2.24, 2.45) is 0 Å². The van der Waals surface area contributed by atoms with Crippen LogP contribution in [-0.2, 0) is 14.3 Å². The quantitative estimate of drug-likeness (QED) is 0.708. The smallest absolute Gasteiger partial charge is 0.306 e. The van der Waals surface area contributed by atoms with Crippen LogP contribution in [0.4, 0.5) is 0 Å². The minimum atomic E-state index is -0.434. The number of nitrogens with zero attached hydrogens (tertiary/aromatic N) is 1. The van der Waals surface area contributed by atoms with E-state index in [1.165, 1.54) is 0 Å². The highest BCUT2D eigenvalue weighted by atomic mass is 16.6. The van der Waals surface area contributed by atoms with Crippen LogP contribution >= 0.6 is 0 Å². The summed E-state index contributed by atoms with van der Waals surface area (Å²) in [4.78, 5) is 25.0. The van der Waals surface area contributed by atoms with Gasteiger partial charge in [-0.1, -0.05) is 0 Å². The van der Waals surface area contributed by atoms with Crippen LogP contribution in [-0.4, -0.2) is 35.5 Å². The number of carbonyl (C=O) groups is 2. The van der Waals surface area contributed by atoms with Crippen molar-refractivity contribution in [2.45, 2.75) is 58.5 Å². The highest BCUT2D eigenvalue weighted by molar-refractivity contribution is 5.77. The Balaban J connectivity index is 2.14. The van der Waals surface area contributed by atoms with Gasteiger partial charge in [-0.3, -0.25) is 9.59 Å². The molecule has 1 fully saturated rings. The molecule has 1 rings (SSSR count). The average Bonchev–Trinajstić information content (AvgIpc) is 2.66. The van der Waals surface area contributed by atoms with Gasteiger partial charge in [0.2, 0.25) is 5.91 Å². The molecule has 1 aliphatic rings. The lowest BCUT2D eigenvalue weighted by molar-refractivity contribution is -0.154. The molecular formula is C13H23NO3. The van der Waals surface area contributed by atoms with Gasteiger partial charge in [0.1, 0.15) is 5.60 Å². The van der Waals surface area contributed by atoms with Crippen molar-refractivity contribution >= 4 is 11.9 Å². The molecule has 1 amide bonds. The minimum Gasteiger partial charge on any atom is -0.460 e. The van der Waals surface area contributed by atoms with Crippen LogP contribution in [0.3, 0.4) is 0 Å². The van der Waals surface area contributed by atoms with Gasteiger partial charge < -0.3 is 9.64 Å². The van der Waals surface area contributed by atoms with Gasteiger partial charge in [-0.15, -0.1) is 0 Å². The molecular weight excluding hydrogens is 218 g/mol. The molecule has 0 bridgehead atoms. The van der Waals surface area contributed by atoms with Crippen LogP contribution in [0.25, 0.3) is 0 Å². The summed E-state index contributed by atoms with van der Waals surface area (Å²) in [7, 11) is 0. The zero-order chi connectivity index (χ0) is 12.9. The van der Waals surface area contributed by atoms with Crippen molar-refractivity contribution in [3.05, 3.63) is 0 Å². The largest absolute Gasteiger partial charge is 0.460 e. The summed E-state index contributed by atoms with van der Waals surface area (Å²) in [5.41, 5.74) is -0.434. The number of rotatable bonds is 4. The summed E-state index contributed by atoms with van der Waals surface area (Å²) in [6, 6.07) is 0. The molecule has 0 atom stereocenters. The molecule has 0 aromatic heterocycles. The molecule has 1 aliphatic heterocycles. The molecule has 1 saturated heterocycles. The van der Waals surface area contributed by atoms with Gasteiger partial charge in [-0.05, 0) is 40.0 Å². The van der Waals surface area contributed by atoms with Crippen molar-refractivity contribution in [2.75, 3.05) is 13.1 Å². The van der Waals surface area contributed by atoms with E-state index in [-0.39, 0.29) is 11.9 Å². The summed E-state index contributed by atoms with van der Waals surface area (Å²) in [5, 5.41) is 0. The van der Waals surface area contributed by atoms with Gasteiger partial charge in [0, 0.05) is 25.9 Å². The molecule has 0 spiro atoms. The zero-order valence-electron chi connectivity index (χ0n) is 11.1. The van der Waals surface area contributed by atoms with Crippen LogP contribution in [0.2, 0.25) is 0 Å². The zero-order valence-corrected chi connectivity index (χ0v) is 11.1. The Morgan fingerprint density at radius 1 is 1.12 bits per heavy atom. The Hall–Kier alpha value is -1.06. The summed E-state index contributed by atoms with van der Waals surface area (Å²) >= 11 is 0. The second-order valence-corrected chi connectivity index (χ2v) is 5.53. The Kier molecular flexibility index (Phi) is 4.97. The first-order valence-electron chi connectivity index (χ1n) is 6.38. The van der Waals surface area contributed by atoms with Gasteiger partial charge in [0.15, 0.2) is 0 Å². The molecule has 0 N–H and O–H groups in total. The van der Waals surface area contributed by atoms with Crippen molar-refractivity contribution < 1.29 is 14.3 Å². The summed E-state index contributed by atoms with van der Waals surface area (Å²) in [5.74, 6) is -0.0437. The van der Waals surface area contributed by atoms with E-state index in [0.717, 1.165) is 25.9 Å². The number of likely N-dealkylation sites (tertiary alicyclic amines) is 1. The predicted molar refractivity (Wildman–Crippen MR) is 65.5 cm³/mol. The maximum Gasteiger partial charge on any atom is 0.306 e. The van der Waals surface area contributed by atoms with Crippen LogP contribution in [0.1, 0.15) is 52.9 Å². The fraction of sp³-hybridized carbons (Fsp3) is 0.846. The van der Waals surface area contributed by atoms with Crippen LogP contribution in [0, 0.1) is 0 Å². The third kappa shape index (κ3) is 5.71. The first-order valence-corrected chi connectivity index (χ1v) is 6.38. The van der Waals surface area contributed by atoms with Crippen molar-refractivity contribution in [3.8, 4) is 0 Å². The molecule has 0 unspecified atom stereocenters. The fourth-order valence-electron chi connectivity index (χ4n) is 1.90. The lowest BCUT2D eigenvalue weighted by atomic mass is 10.2. The Bertz CT molecular complexity index is 275. The van der Waals surface area contributed by atoms with Gasteiger partial charge in [-0.25, -0.2) is 0 Å². The third-order valence-corrected chi connectivity index (χ3v) is 2.65. The van der Waals surface area contributed by atoms with Crippen molar-refractivity contribution in [1.82, 2.24) is 4.90 Å². The Morgan fingerprint density at radius 2 is 1.71 bits per heavy atom. The van der Waals surface area contributed by atoms with Gasteiger partial charge in [0.05, 0.1) is 0 Å². The molecule has 0 aromatic carbocycles. The number of ether oxygens (including phenoxy) is 1. The predicted octanol–water partition coefficient (Wildman–Crippen LogP) is 2.12. The molecule has 98 valence electrons. The first-order chi connectivity index (χ1) is 7.88. The van der Waals surface area contributed by atoms with E-state index in [1.807, 2.05) is 25.7 Å². The van der Waals surface area contributed by atoms with E-state index in [1.54, 1.807) is 0 Å². The molecule has 1 heterocycles. The molecule has 4 nitrogen and oxygen atoms in total. The number of esters is 1. The van der Waals surface area contributed by atoms with E-state index in [9.17, 15) is 9.59 Å². The van der Waals surface area contributed by atoms with Crippen LogP contribution in [0.5, 0.6) is 0 Å². The lowest BCUT2D eigenvalue weighted by Gasteiger charge is -2.19. The number of hydrogen-bond acceptors (Lipinski definition) is 3. The van der Waals surface area contributed by atoms with Gasteiger partial charge in [-0.2, -0.15) is 0 Å². The summed E-state index contributed by atoms with van der Waals surface area (Å²) in [6.07, 6.45) is 3.59. The summed E-state index contributed by atoms with van der Waals surface area (Å²) < 4.78 is 5.18. The average molecular weight is 241 g/mol. The van der Waals surface area contributed by atoms with Gasteiger partial charge >= 0.3 is 5.97 Å². The maximum absolute atomic E-state index is 11.7.